The van der Waals surface area contributed by atoms with E-state index in [0.29, 0.717) is 18.5 Å². The first-order valence-corrected chi connectivity index (χ1v) is 7.91. The average Bonchev–Trinajstić information content (AvgIpc) is 2.72. The first-order valence-electron chi connectivity index (χ1n) is 5.60. The van der Waals surface area contributed by atoms with Crippen LogP contribution in [0.4, 0.5) is 0 Å². The van der Waals surface area contributed by atoms with Crippen molar-refractivity contribution in [1.29, 1.82) is 0 Å². The highest BCUT2D eigenvalue weighted by molar-refractivity contribution is 8.13. The smallest absolute Gasteiger partial charge is 0.360 e. The summed E-state index contributed by atoms with van der Waals surface area (Å²) >= 11 is 0. The maximum absolute atomic E-state index is 11.7. The molecule has 18 heavy (non-hydrogen) atoms. The van der Waals surface area contributed by atoms with Gasteiger partial charge < -0.3 is 4.74 Å². The molecule has 102 valence electrons. The number of halogens is 1. The van der Waals surface area contributed by atoms with E-state index >= 15 is 0 Å². The minimum atomic E-state index is -4.03. The minimum Gasteiger partial charge on any atom is -0.461 e. The lowest BCUT2D eigenvalue weighted by molar-refractivity contribution is 0.0488. The molecule has 0 aliphatic heterocycles. The Balaban J connectivity index is 3.03. The molecule has 1 heterocycles. The molecule has 0 unspecified atom stereocenters. The molecular weight excluding hydrogens is 280 g/mol. The summed E-state index contributed by atoms with van der Waals surface area (Å²) < 4.78 is 27.8. The molecule has 0 amide bonds. The van der Waals surface area contributed by atoms with Crippen LogP contribution in [0.5, 0.6) is 0 Å². The van der Waals surface area contributed by atoms with E-state index in [-0.39, 0.29) is 17.2 Å². The summed E-state index contributed by atoms with van der Waals surface area (Å²) in [4.78, 5) is 11.4. The minimum absolute atomic E-state index is 0.228. The molecule has 0 atom stereocenters. The largest absolute Gasteiger partial charge is 0.461 e. The van der Waals surface area contributed by atoms with E-state index in [2.05, 4.69) is 10.2 Å². The van der Waals surface area contributed by atoms with E-state index in [0.717, 1.165) is 6.42 Å². The molecule has 0 radical (unpaired) electrons. The monoisotopic (exact) mass is 294 g/mol. The molecule has 1 aromatic rings. The molecule has 6 nitrogen and oxygen atoms in total. The van der Waals surface area contributed by atoms with Gasteiger partial charge in [0.15, 0.2) is 5.69 Å². The highest BCUT2D eigenvalue weighted by Gasteiger charge is 2.28. The third-order valence-electron chi connectivity index (χ3n) is 2.31. The van der Waals surface area contributed by atoms with Crippen LogP contribution in [0, 0.1) is 0 Å². The number of hydrogen-bond donors (Lipinski definition) is 1. The summed E-state index contributed by atoms with van der Waals surface area (Å²) in [7, 11) is 1.27. The number of aromatic nitrogens is 2. The SMILES string of the molecule is CCCCOC(=O)c1n[nH]c(CC)c1S(=O)(=O)Cl. The van der Waals surface area contributed by atoms with Crippen molar-refractivity contribution in [3.8, 4) is 0 Å². The van der Waals surface area contributed by atoms with E-state index in [1.807, 2.05) is 6.92 Å². The van der Waals surface area contributed by atoms with Gasteiger partial charge in [-0.25, -0.2) is 13.2 Å². The Morgan fingerprint density at radius 1 is 1.44 bits per heavy atom. The molecule has 0 aromatic carbocycles. The molecule has 1 N–H and O–H groups in total. The number of H-pyrrole nitrogens is 1. The third-order valence-corrected chi connectivity index (χ3v) is 3.70. The van der Waals surface area contributed by atoms with E-state index in [9.17, 15) is 13.2 Å². The van der Waals surface area contributed by atoms with Crippen LogP contribution in [0.15, 0.2) is 4.90 Å². The number of aryl methyl sites for hydroxylation is 1. The van der Waals surface area contributed by atoms with Gasteiger partial charge in [0.05, 0.1) is 12.3 Å². The number of ether oxygens (including phenoxy) is 1. The summed E-state index contributed by atoms with van der Waals surface area (Å²) in [5.41, 5.74) is 0.0189. The lowest BCUT2D eigenvalue weighted by Crippen LogP contribution is -2.10. The van der Waals surface area contributed by atoms with Crippen LogP contribution in [-0.2, 0) is 20.2 Å². The zero-order valence-corrected chi connectivity index (χ0v) is 11.8. The highest BCUT2D eigenvalue weighted by atomic mass is 35.7. The van der Waals surface area contributed by atoms with Gasteiger partial charge in [0, 0.05) is 10.7 Å². The molecule has 0 aliphatic carbocycles. The van der Waals surface area contributed by atoms with Crippen molar-refractivity contribution in [2.45, 2.75) is 38.0 Å². The van der Waals surface area contributed by atoms with Crippen molar-refractivity contribution in [2.75, 3.05) is 6.61 Å². The quantitative estimate of drug-likeness (QED) is 0.491. The normalized spacial score (nSPS) is 11.5. The number of rotatable bonds is 6. The lowest BCUT2D eigenvalue weighted by Gasteiger charge is -2.03. The Labute approximate surface area is 110 Å². The summed E-state index contributed by atoms with van der Waals surface area (Å²) in [5, 5.41) is 6.16. The molecule has 0 spiro atoms. The molecular formula is C10H15ClN2O4S. The van der Waals surface area contributed by atoms with Crippen molar-refractivity contribution in [1.82, 2.24) is 10.2 Å². The van der Waals surface area contributed by atoms with Crippen molar-refractivity contribution in [3.05, 3.63) is 11.4 Å². The Bertz CT molecular complexity index is 524. The lowest BCUT2D eigenvalue weighted by atomic mass is 10.3. The molecule has 0 fully saturated rings. The second kappa shape index (κ2) is 6.19. The van der Waals surface area contributed by atoms with Crippen molar-refractivity contribution in [2.24, 2.45) is 0 Å². The van der Waals surface area contributed by atoms with Crippen LogP contribution in [0.25, 0.3) is 0 Å². The van der Waals surface area contributed by atoms with Crippen LogP contribution in [0.1, 0.15) is 42.9 Å². The summed E-state index contributed by atoms with van der Waals surface area (Å²) in [6.45, 7) is 3.91. The molecule has 1 aromatic heterocycles. The second-order valence-electron chi connectivity index (χ2n) is 3.66. The third kappa shape index (κ3) is 3.46. The van der Waals surface area contributed by atoms with Crippen molar-refractivity contribution >= 4 is 25.7 Å². The molecule has 0 saturated heterocycles. The Morgan fingerprint density at radius 2 is 2.11 bits per heavy atom. The van der Waals surface area contributed by atoms with Gasteiger partial charge in [-0.2, -0.15) is 5.10 Å². The number of carbonyl (C=O) groups excluding carboxylic acids is 1. The highest BCUT2D eigenvalue weighted by Crippen LogP contribution is 2.23. The molecule has 1 rings (SSSR count). The average molecular weight is 295 g/mol. The molecule has 0 bridgehead atoms. The van der Waals surface area contributed by atoms with Crippen LogP contribution < -0.4 is 0 Å². The fraction of sp³-hybridized carbons (Fsp3) is 0.600. The maximum Gasteiger partial charge on any atom is 0.360 e. The van der Waals surface area contributed by atoms with Gasteiger partial charge in [0.25, 0.3) is 9.05 Å². The summed E-state index contributed by atoms with van der Waals surface area (Å²) in [5.74, 6) is -0.779. The number of nitrogens with zero attached hydrogens (tertiary/aromatic N) is 1. The van der Waals surface area contributed by atoms with E-state index in [4.69, 9.17) is 15.4 Å². The van der Waals surface area contributed by atoms with E-state index < -0.39 is 15.0 Å². The predicted octanol–water partition coefficient (Wildman–Crippen LogP) is 1.86. The van der Waals surface area contributed by atoms with E-state index in [1.54, 1.807) is 6.92 Å². The summed E-state index contributed by atoms with van der Waals surface area (Å²) in [6, 6.07) is 0. The predicted molar refractivity (Wildman–Crippen MR) is 66.2 cm³/mol. The van der Waals surface area contributed by atoms with Crippen LogP contribution in [0.2, 0.25) is 0 Å². The van der Waals surface area contributed by atoms with Gasteiger partial charge >= 0.3 is 5.97 Å². The van der Waals surface area contributed by atoms with Gasteiger partial charge in [-0.05, 0) is 12.8 Å². The van der Waals surface area contributed by atoms with Gasteiger partial charge in [0.1, 0.15) is 4.90 Å². The Kier molecular flexibility index (Phi) is 5.15. The molecule has 0 saturated carbocycles. The van der Waals surface area contributed by atoms with E-state index in [1.165, 1.54) is 0 Å². The van der Waals surface area contributed by atoms with Gasteiger partial charge in [-0.1, -0.05) is 20.3 Å². The Hall–Kier alpha value is -1.08. The maximum atomic E-state index is 11.7. The summed E-state index contributed by atoms with van der Waals surface area (Å²) in [6.07, 6.45) is 1.95. The molecule has 8 heteroatoms. The van der Waals surface area contributed by atoms with Crippen molar-refractivity contribution < 1.29 is 17.9 Å². The number of esters is 1. The standard InChI is InChI=1S/C10H15ClN2O4S/c1-3-5-6-17-10(14)8-9(18(11,15)16)7(4-2)12-13-8/h3-6H2,1-2H3,(H,12,13). The number of aromatic amines is 1. The fourth-order valence-corrected chi connectivity index (χ4v) is 2.73. The number of nitrogens with one attached hydrogen (secondary N) is 1. The fourth-order valence-electron chi connectivity index (χ4n) is 1.39. The van der Waals surface area contributed by atoms with Gasteiger partial charge in [0.2, 0.25) is 0 Å². The van der Waals surface area contributed by atoms with Crippen molar-refractivity contribution in [3.63, 3.8) is 0 Å². The topological polar surface area (TPSA) is 89.1 Å². The Morgan fingerprint density at radius 3 is 2.61 bits per heavy atom. The van der Waals surface area contributed by atoms with Crippen LogP contribution >= 0.6 is 10.7 Å². The zero-order chi connectivity index (χ0) is 13.8. The zero-order valence-electron chi connectivity index (χ0n) is 10.2. The first kappa shape index (κ1) is 15.0. The number of hydrogen-bond acceptors (Lipinski definition) is 5. The number of carbonyl (C=O) groups is 1. The van der Waals surface area contributed by atoms with Gasteiger partial charge in [-0.3, -0.25) is 5.10 Å². The van der Waals surface area contributed by atoms with Gasteiger partial charge in [-0.15, -0.1) is 0 Å². The first-order chi connectivity index (χ1) is 8.41. The number of unbranched alkanes of at least 4 members (excludes halogenated alkanes) is 1. The second-order valence-corrected chi connectivity index (χ2v) is 6.16. The molecule has 0 aliphatic rings. The van der Waals surface area contributed by atoms with Crippen LogP contribution in [-0.4, -0.2) is 31.2 Å². The van der Waals surface area contributed by atoms with Crippen LogP contribution in [0.3, 0.4) is 0 Å².